The third-order valence-electron chi connectivity index (χ3n) is 1.05. The summed E-state index contributed by atoms with van der Waals surface area (Å²) in [5.41, 5.74) is 0. The van der Waals surface area contributed by atoms with Gasteiger partial charge in [-0.3, -0.25) is 0 Å². The van der Waals surface area contributed by atoms with Crippen molar-refractivity contribution in [2.24, 2.45) is 5.92 Å². The van der Waals surface area contributed by atoms with E-state index in [-0.39, 0.29) is 46.0 Å². The minimum Gasteiger partial charge on any atom is -1.00 e. The van der Waals surface area contributed by atoms with Crippen molar-refractivity contribution in [2.45, 2.75) is 6.42 Å². The zero-order valence-electron chi connectivity index (χ0n) is 6.75. The SMILES string of the molecule is OCCC(CO)CO.[H-].[Li+]. The van der Waals surface area contributed by atoms with E-state index in [0.717, 1.165) is 0 Å². The first-order chi connectivity index (χ1) is 3.85. The average Bonchev–Trinajstić information content (AvgIpc) is 1.83. The van der Waals surface area contributed by atoms with Crippen LogP contribution in [0.4, 0.5) is 0 Å². The standard InChI is InChI=1S/C5H12O3.Li.H/c6-2-1-5(3-7)4-8;;/h5-8H,1-4H2;;/q;+1;-1. The second-order valence-corrected chi connectivity index (χ2v) is 1.74. The van der Waals surface area contributed by atoms with Crippen LogP contribution in [0.15, 0.2) is 0 Å². The first kappa shape index (κ1) is 12.2. The first-order valence-corrected chi connectivity index (χ1v) is 2.67. The number of hydrogen-bond acceptors (Lipinski definition) is 3. The van der Waals surface area contributed by atoms with E-state index in [0.29, 0.717) is 6.42 Å². The molecule has 0 amide bonds. The van der Waals surface area contributed by atoms with Gasteiger partial charge in [-0.25, -0.2) is 0 Å². The van der Waals surface area contributed by atoms with E-state index < -0.39 is 0 Å². The van der Waals surface area contributed by atoms with Gasteiger partial charge in [0.1, 0.15) is 0 Å². The predicted molar refractivity (Wildman–Crippen MR) is 30.5 cm³/mol. The van der Waals surface area contributed by atoms with Crippen LogP contribution >= 0.6 is 0 Å². The van der Waals surface area contributed by atoms with E-state index in [9.17, 15) is 0 Å². The Morgan fingerprint density at radius 2 is 1.56 bits per heavy atom. The second kappa shape index (κ2) is 8.48. The van der Waals surface area contributed by atoms with E-state index in [1.807, 2.05) is 0 Å². The normalized spacial score (nSPS) is 9.33. The number of hydrogen-bond donors (Lipinski definition) is 3. The van der Waals surface area contributed by atoms with Gasteiger partial charge in [0.25, 0.3) is 0 Å². The van der Waals surface area contributed by atoms with Crippen molar-refractivity contribution < 1.29 is 35.6 Å². The Hall–Kier alpha value is 0.477. The van der Waals surface area contributed by atoms with E-state index in [1.54, 1.807) is 0 Å². The van der Waals surface area contributed by atoms with Gasteiger partial charge in [0, 0.05) is 25.7 Å². The largest absolute Gasteiger partial charge is 1.00 e. The van der Waals surface area contributed by atoms with Crippen molar-refractivity contribution in [3.63, 3.8) is 0 Å². The summed E-state index contributed by atoms with van der Waals surface area (Å²) >= 11 is 0. The van der Waals surface area contributed by atoms with Crippen molar-refractivity contribution in [1.82, 2.24) is 0 Å². The van der Waals surface area contributed by atoms with Gasteiger partial charge in [0.15, 0.2) is 0 Å². The fraction of sp³-hybridized carbons (Fsp3) is 1.00. The Morgan fingerprint density at radius 3 is 1.67 bits per heavy atom. The Morgan fingerprint density at radius 1 is 1.11 bits per heavy atom. The van der Waals surface area contributed by atoms with E-state index >= 15 is 0 Å². The molecule has 0 bridgehead atoms. The van der Waals surface area contributed by atoms with Crippen LogP contribution in [0, 0.1) is 5.92 Å². The molecule has 3 N–H and O–H groups in total. The van der Waals surface area contributed by atoms with Gasteiger partial charge in [0.2, 0.25) is 0 Å². The molecule has 0 aliphatic rings. The topological polar surface area (TPSA) is 60.7 Å². The predicted octanol–water partition coefficient (Wildman–Crippen LogP) is -3.91. The molecule has 0 heterocycles. The molecule has 0 radical (unpaired) electrons. The Bertz CT molecular complexity index is 52.2. The van der Waals surface area contributed by atoms with E-state index in [2.05, 4.69) is 0 Å². The summed E-state index contributed by atoms with van der Waals surface area (Å²) in [7, 11) is 0. The molecular formula is C5H13LiO3. The average molecular weight is 128 g/mol. The molecule has 3 nitrogen and oxygen atoms in total. The summed E-state index contributed by atoms with van der Waals surface area (Å²) in [6.45, 7) is -0.0556. The zero-order chi connectivity index (χ0) is 6.41. The molecule has 0 saturated carbocycles. The Balaban J connectivity index is -0.000000245. The van der Waals surface area contributed by atoms with Crippen molar-refractivity contribution in [3.8, 4) is 0 Å². The van der Waals surface area contributed by atoms with Crippen LogP contribution in [-0.4, -0.2) is 35.1 Å². The van der Waals surface area contributed by atoms with Gasteiger partial charge in [0.05, 0.1) is 0 Å². The fourth-order valence-corrected chi connectivity index (χ4v) is 0.423. The molecular weight excluding hydrogens is 115 g/mol. The maximum absolute atomic E-state index is 8.39. The molecule has 0 fully saturated rings. The van der Waals surface area contributed by atoms with Crippen molar-refractivity contribution >= 4 is 0 Å². The van der Waals surface area contributed by atoms with Crippen LogP contribution in [-0.2, 0) is 0 Å². The minimum atomic E-state index is -0.139. The van der Waals surface area contributed by atoms with Crippen LogP contribution in [0.1, 0.15) is 7.85 Å². The molecule has 0 aromatic carbocycles. The second-order valence-electron chi connectivity index (χ2n) is 1.74. The monoisotopic (exact) mass is 128 g/mol. The van der Waals surface area contributed by atoms with Gasteiger partial charge in [-0.05, 0) is 6.42 Å². The number of rotatable bonds is 4. The zero-order valence-corrected chi connectivity index (χ0v) is 5.75. The van der Waals surface area contributed by atoms with E-state index in [4.69, 9.17) is 15.3 Å². The third kappa shape index (κ3) is 6.36. The van der Waals surface area contributed by atoms with Gasteiger partial charge >= 0.3 is 18.9 Å². The molecule has 4 heteroatoms. The molecule has 0 aromatic rings. The number of aliphatic hydroxyl groups excluding tert-OH is 3. The van der Waals surface area contributed by atoms with Crippen LogP contribution in [0.25, 0.3) is 0 Å². The Kier molecular flexibility index (Phi) is 11.5. The van der Waals surface area contributed by atoms with Crippen LogP contribution in [0.5, 0.6) is 0 Å². The molecule has 0 unspecified atom stereocenters. The van der Waals surface area contributed by atoms with Crippen molar-refractivity contribution in [1.29, 1.82) is 0 Å². The molecule has 0 spiro atoms. The van der Waals surface area contributed by atoms with E-state index in [1.165, 1.54) is 0 Å². The molecule has 0 saturated heterocycles. The molecule has 9 heavy (non-hydrogen) atoms. The smallest absolute Gasteiger partial charge is 1.00 e. The van der Waals surface area contributed by atoms with Gasteiger partial charge < -0.3 is 16.7 Å². The first-order valence-electron chi connectivity index (χ1n) is 2.67. The van der Waals surface area contributed by atoms with Gasteiger partial charge in [-0.15, -0.1) is 0 Å². The molecule has 0 aliphatic heterocycles. The van der Waals surface area contributed by atoms with Crippen molar-refractivity contribution in [3.05, 3.63) is 0 Å². The van der Waals surface area contributed by atoms with Crippen LogP contribution < -0.4 is 18.9 Å². The quantitative estimate of drug-likeness (QED) is 0.339. The van der Waals surface area contributed by atoms with Crippen LogP contribution in [0.3, 0.4) is 0 Å². The summed E-state index contributed by atoms with van der Waals surface area (Å²) in [4.78, 5) is 0. The summed E-state index contributed by atoms with van der Waals surface area (Å²) in [5, 5.41) is 25.0. The summed E-state index contributed by atoms with van der Waals surface area (Å²) < 4.78 is 0. The third-order valence-corrected chi connectivity index (χ3v) is 1.05. The molecule has 0 aliphatic carbocycles. The Labute approximate surface area is 68.4 Å². The fourth-order valence-electron chi connectivity index (χ4n) is 0.423. The maximum Gasteiger partial charge on any atom is 1.00 e. The molecule has 52 valence electrons. The summed E-state index contributed by atoms with van der Waals surface area (Å²) in [6, 6.07) is 0. The maximum atomic E-state index is 8.39. The van der Waals surface area contributed by atoms with Gasteiger partial charge in [-0.2, -0.15) is 0 Å². The van der Waals surface area contributed by atoms with Crippen molar-refractivity contribution in [2.75, 3.05) is 19.8 Å². The minimum absolute atomic E-state index is 0. The molecule has 0 aromatic heterocycles. The number of aliphatic hydroxyl groups is 3. The molecule has 0 rings (SSSR count). The van der Waals surface area contributed by atoms with Gasteiger partial charge in [-0.1, -0.05) is 0 Å². The summed E-state index contributed by atoms with van der Waals surface area (Å²) in [6.07, 6.45) is 0.479. The van der Waals surface area contributed by atoms with Crippen LogP contribution in [0.2, 0.25) is 0 Å². The summed E-state index contributed by atoms with van der Waals surface area (Å²) in [5.74, 6) is -0.139. The molecule has 0 atom stereocenters.